The van der Waals surface area contributed by atoms with E-state index in [1.165, 1.54) is 0 Å². The Hall–Kier alpha value is -2.25. The van der Waals surface area contributed by atoms with Crippen LogP contribution < -0.4 is 5.32 Å². The monoisotopic (exact) mass is 344 g/mol. The number of pyridine rings is 1. The predicted octanol–water partition coefficient (Wildman–Crippen LogP) is 1.79. The van der Waals surface area contributed by atoms with Gasteiger partial charge in [-0.15, -0.1) is 0 Å². The number of aromatic nitrogens is 3. The summed E-state index contributed by atoms with van der Waals surface area (Å²) >= 11 is 0. The van der Waals surface area contributed by atoms with Gasteiger partial charge in [-0.2, -0.15) is 5.10 Å². The first-order valence-electron chi connectivity index (χ1n) is 8.63. The van der Waals surface area contributed by atoms with Gasteiger partial charge in [-0.3, -0.25) is 14.5 Å². The Labute approximate surface area is 147 Å². The number of hydrogen-bond acceptors (Lipinski definition) is 5. The molecule has 134 valence electrons. The second-order valence-corrected chi connectivity index (χ2v) is 5.97. The van der Waals surface area contributed by atoms with Crippen molar-refractivity contribution in [1.82, 2.24) is 20.1 Å². The van der Waals surface area contributed by atoms with Gasteiger partial charge < -0.3 is 14.8 Å². The molecule has 0 bridgehead atoms. The van der Waals surface area contributed by atoms with Gasteiger partial charge in [-0.1, -0.05) is 6.07 Å². The fourth-order valence-electron chi connectivity index (χ4n) is 3.38. The summed E-state index contributed by atoms with van der Waals surface area (Å²) in [5.74, 6) is -1.27. The molecule has 2 heterocycles. The molecule has 7 nitrogen and oxygen atoms in total. The summed E-state index contributed by atoms with van der Waals surface area (Å²) in [6, 6.07) is 5.21. The highest BCUT2D eigenvalue weighted by Crippen LogP contribution is 2.39. The lowest BCUT2D eigenvalue weighted by molar-refractivity contribution is -0.263. The van der Waals surface area contributed by atoms with Crippen LogP contribution in [0.15, 0.2) is 30.6 Å². The molecule has 2 aromatic heterocycles. The number of ether oxygens (including phenoxy) is 2. The Balaban J connectivity index is 1.95. The minimum Gasteiger partial charge on any atom is -0.345 e. The van der Waals surface area contributed by atoms with E-state index < -0.39 is 5.79 Å². The maximum atomic E-state index is 12.6. The topological polar surface area (TPSA) is 78.3 Å². The lowest BCUT2D eigenvalue weighted by Crippen LogP contribution is -2.56. The summed E-state index contributed by atoms with van der Waals surface area (Å²) in [6.07, 6.45) is 4.95. The van der Waals surface area contributed by atoms with Crippen LogP contribution >= 0.6 is 0 Å². The van der Waals surface area contributed by atoms with Crippen molar-refractivity contribution in [2.45, 2.75) is 38.5 Å². The van der Waals surface area contributed by atoms with Crippen LogP contribution in [-0.2, 0) is 28.7 Å². The van der Waals surface area contributed by atoms with Gasteiger partial charge in [0.15, 0.2) is 0 Å². The number of nitrogens with zero attached hydrogens (tertiary/aromatic N) is 3. The molecule has 0 radical (unpaired) electrons. The molecule has 25 heavy (non-hydrogen) atoms. The molecular formula is C18H24N4O3. The van der Waals surface area contributed by atoms with Gasteiger partial charge in [0.05, 0.1) is 6.04 Å². The van der Waals surface area contributed by atoms with Gasteiger partial charge in [0.2, 0.25) is 5.79 Å². The van der Waals surface area contributed by atoms with Crippen molar-refractivity contribution in [2.24, 2.45) is 7.05 Å². The summed E-state index contributed by atoms with van der Waals surface area (Å²) in [4.78, 5) is 17.1. The van der Waals surface area contributed by atoms with E-state index in [-0.39, 0.29) is 11.9 Å². The highest BCUT2D eigenvalue weighted by molar-refractivity contribution is 5.92. The SMILES string of the molecule is CCOC1(OCC)c2cccnc2CCC1NC(=O)c1ccn(C)n1. The molecule has 2 aromatic rings. The van der Waals surface area contributed by atoms with Crippen LogP contribution in [0.25, 0.3) is 0 Å². The number of rotatable bonds is 6. The van der Waals surface area contributed by atoms with Crippen molar-refractivity contribution in [3.63, 3.8) is 0 Å². The van der Waals surface area contributed by atoms with E-state index in [1.807, 2.05) is 26.0 Å². The number of hydrogen-bond donors (Lipinski definition) is 1. The van der Waals surface area contributed by atoms with Crippen LogP contribution in [-0.4, -0.2) is 39.9 Å². The molecule has 0 fully saturated rings. The average molecular weight is 344 g/mol. The summed E-state index contributed by atoms with van der Waals surface area (Å²) in [5, 5.41) is 7.23. The quantitative estimate of drug-likeness (QED) is 0.808. The molecule has 1 N–H and O–H groups in total. The van der Waals surface area contributed by atoms with Crippen LogP contribution in [0.3, 0.4) is 0 Å². The first-order chi connectivity index (χ1) is 12.1. The zero-order valence-electron chi connectivity index (χ0n) is 14.9. The maximum absolute atomic E-state index is 12.6. The fraction of sp³-hybridized carbons (Fsp3) is 0.500. The van der Waals surface area contributed by atoms with Gasteiger partial charge in [0, 0.05) is 43.9 Å². The molecule has 0 aromatic carbocycles. The van der Waals surface area contributed by atoms with Gasteiger partial charge in [0.1, 0.15) is 5.69 Å². The minimum absolute atomic E-state index is 0.235. The van der Waals surface area contributed by atoms with E-state index in [0.717, 1.165) is 17.7 Å². The standard InChI is InChI=1S/C18H24N4O3/c1-4-24-18(25-5-2)13-7-6-11-19-14(13)8-9-16(18)20-17(23)15-10-12-22(3)21-15/h6-7,10-12,16H,4-5,8-9H2,1-3H3,(H,20,23). The van der Waals surface area contributed by atoms with Gasteiger partial charge in [-0.05, 0) is 38.8 Å². The highest BCUT2D eigenvalue weighted by Gasteiger charge is 2.48. The Morgan fingerprint density at radius 2 is 2.12 bits per heavy atom. The largest absolute Gasteiger partial charge is 0.345 e. The molecule has 0 spiro atoms. The Bertz CT molecular complexity index is 737. The van der Waals surface area contributed by atoms with Gasteiger partial charge in [0.25, 0.3) is 5.91 Å². The lowest BCUT2D eigenvalue weighted by Gasteiger charge is -2.43. The maximum Gasteiger partial charge on any atom is 0.272 e. The summed E-state index contributed by atoms with van der Waals surface area (Å²) < 4.78 is 13.8. The lowest BCUT2D eigenvalue weighted by atomic mass is 9.85. The number of fused-ring (bicyclic) bond motifs is 1. The normalized spacial score (nSPS) is 18.6. The minimum atomic E-state index is -1.03. The predicted molar refractivity (Wildman–Crippen MR) is 92.0 cm³/mol. The molecule has 1 atom stereocenters. The van der Waals surface area contributed by atoms with E-state index in [2.05, 4.69) is 15.4 Å². The third-order valence-electron chi connectivity index (χ3n) is 4.36. The smallest absolute Gasteiger partial charge is 0.272 e. The Morgan fingerprint density at radius 1 is 1.36 bits per heavy atom. The fourth-order valence-corrected chi connectivity index (χ4v) is 3.38. The number of nitrogens with one attached hydrogen (secondary N) is 1. The van der Waals surface area contributed by atoms with E-state index in [9.17, 15) is 4.79 Å². The highest BCUT2D eigenvalue weighted by atomic mass is 16.7. The van der Waals surface area contributed by atoms with Crippen LogP contribution in [0.2, 0.25) is 0 Å². The first kappa shape index (κ1) is 17.6. The number of aryl methyl sites for hydroxylation is 2. The zero-order chi connectivity index (χ0) is 17.9. The molecule has 1 unspecified atom stereocenters. The van der Waals surface area contributed by atoms with Crippen molar-refractivity contribution in [3.8, 4) is 0 Å². The number of carbonyl (C=O) groups is 1. The van der Waals surface area contributed by atoms with Crippen molar-refractivity contribution < 1.29 is 14.3 Å². The van der Waals surface area contributed by atoms with E-state index in [0.29, 0.717) is 25.3 Å². The Morgan fingerprint density at radius 3 is 2.76 bits per heavy atom. The third-order valence-corrected chi connectivity index (χ3v) is 4.36. The van der Waals surface area contributed by atoms with E-state index >= 15 is 0 Å². The summed E-state index contributed by atoms with van der Waals surface area (Å²) in [7, 11) is 1.78. The Kier molecular flexibility index (Phi) is 5.15. The second kappa shape index (κ2) is 7.33. The van der Waals surface area contributed by atoms with Crippen molar-refractivity contribution in [3.05, 3.63) is 47.5 Å². The summed E-state index contributed by atoms with van der Waals surface area (Å²) in [6.45, 7) is 4.76. The second-order valence-electron chi connectivity index (χ2n) is 5.97. The molecule has 1 amide bonds. The van der Waals surface area contributed by atoms with Crippen molar-refractivity contribution in [2.75, 3.05) is 13.2 Å². The van der Waals surface area contributed by atoms with Crippen LogP contribution in [0, 0.1) is 0 Å². The van der Waals surface area contributed by atoms with Crippen molar-refractivity contribution in [1.29, 1.82) is 0 Å². The van der Waals surface area contributed by atoms with Gasteiger partial charge in [-0.25, -0.2) is 0 Å². The average Bonchev–Trinajstić information content (AvgIpc) is 3.05. The zero-order valence-corrected chi connectivity index (χ0v) is 14.9. The molecule has 3 rings (SSSR count). The molecule has 0 saturated heterocycles. The van der Waals surface area contributed by atoms with E-state index in [4.69, 9.17) is 9.47 Å². The number of amides is 1. The number of carbonyl (C=O) groups excluding carboxylic acids is 1. The van der Waals surface area contributed by atoms with Crippen LogP contribution in [0.4, 0.5) is 0 Å². The third kappa shape index (κ3) is 3.29. The van der Waals surface area contributed by atoms with Crippen LogP contribution in [0.1, 0.15) is 42.0 Å². The first-order valence-corrected chi connectivity index (χ1v) is 8.63. The molecule has 0 saturated carbocycles. The molecule has 1 aliphatic carbocycles. The molecular weight excluding hydrogens is 320 g/mol. The summed E-state index contributed by atoms with van der Waals surface area (Å²) in [5.41, 5.74) is 2.21. The van der Waals surface area contributed by atoms with E-state index in [1.54, 1.807) is 30.2 Å². The van der Waals surface area contributed by atoms with Crippen LogP contribution in [0.5, 0.6) is 0 Å². The molecule has 0 aliphatic heterocycles. The van der Waals surface area contributed by atoms with Crippen molar-refractivity contribution >= 4 is 5.91 Å². The van der Waals surface area contributed by atoms with Gasteiger partial charge >= 0.3 is 0 Å². The molecule has 7 heteroatoms. The molecule has 1 aliphatic rings.